The van der Waals surface area contributed by atoms with Gasteiger partial charge in [0.2, 0.25) is 0 Å². The molecule has 0 saturated heterocycles. The van der Waals surface area contributed by atoms with Gasteiger partial charge in [-0.25, -0.2) is 0 Å². The zero-order valence-electron chi connectivity index (χ0n) is 17.6. The minimum Gasteiger partial charge on any atom is -0.0656 e. The Morgan fingerprint density at radius 1 is 0.600 bits per heavy atom. The summed E-state index contributed by atoms with van der Waals surface area (Å²) in [6, 6.07) is 36.0. The highest BCUT2D eigenvalue weighted by atomic mass is 79.9. The van der Waals surface area contributed by atoms with Crippen molar-refractivity contribution in [3.05, 3.63) is 124 Å². The Kier molecular flexibility index (Phi) is 4.61. The maximum Gasteiger partial charge on any atom is 0.0775 e. The topological polar surface area (TPSA) is 0 Å². The van der Waals surface area contributed by atoms with E-state index in [1.807, 2.05) is 0 Å². The van der Waals surface area contributed by atoms with Crippen LogP contribution < -0.4 is 5.19 Å². The number of benzene rings is 4. The van der Waals surface area contributed by atoms with Gasteiger partial charge in [-0.15, -0.1) is 0 Å². The fourth-order valence-electron chi connectivity index (χ4n) is 4.98. The van der Waals surface area contributed by atoms with E-state index in [9.17, 15) is 0 Å². The lowest BCUT2D eigenvalue weighted by molar-refractivity contribution is 0.768. The van der Waals surface area contributed by atoms with Crippen LogP contribution in [-0.2, 0) is 5.41 Å². The van der Waals surface area contributed by atoms with Crippen molar-refractivity contribution in [2.45, 2.75) is 25.1 Å². The lowest BCUT2D eigenvalue weighted by atomic mass is 9.68. The number of rotatable bonds is 3. The van der Waals surface area contributed by atoms with Crippen LogP contribution in [0.5, 0.6) is 0 Å². The fourth-order valence-corrected chi connectivity index (χ4v) is 6.73. The van der Waals surface area contributed by atoms with E-state index in [4.69, 9.17) is 0 Å². The third-order valence-electron chi connectivity index (χ3n) is 6.41. The molecule has 0 N–H and O–H groups in total. The van der Waals surface area contributed by atoms with E-state index in [1.54, 1.807) is 0 Å². The highest BCUT2D eigenvalue weighted by molar-refractivity contribution is 9.10. The Labute approximate surface area is 188 Å². The average molecular weight is 469 g/mol. The predicted octanol–water partition coefficient (Wildman–Crippen LogP) is 7.36. The summed E-state index contributed by atoms with van der Waals surface area (Å²) in [5.41, 5.74) is 7.68. The summed E-state index contributed by atoms with van der Waals surface area (Å²) in [7, 11) is -1.36. The van der Waals surface area contributed by atoms with Crippen LogP contribution in [0, 0.1) is 0 Å². The van der Waals surface area contributed by atoms with Gasteiger partial charge in [0.15, 0.2) is 0 Å². The Morgan fingerprint density at radius 2 is 1.20 bits per heavy atom. The first-order valence-electron chi connectivity index (χ1n) is 10.5. The van der Waals surface area contributed by atoms with Gasteiger partial charge in [-0.3, -0.25) is 0 Å². The van der Waals surface area contributed by atoms with Crippen LogP contribution in [0.1, 0.15) is 22.3 Å². The van der Waals surface area contributed by atoms with Crippen molar-refractivity contribution in [2.24, 2.45) is 0 Å². The monoisotopic (exact) mass is 468 g/mol. The van der Waals surface area contributed by atoms with Crippen molar-refractivity contribution in [3.63, 3.8) is 0 Å². The van der Waals surface area contributed by atoms with E-state index in [1.165, 1.54) is 38.6 Å². The average Bonchev–Trinajstić information content (AvgIpc) is 3.06. The normalized spacial score (nSPS) is 17.5. The zero-order valence-corrected chi connectivity index (χ0v) is 20.2. The van der Waals surface area contributed by atoms with Crippen molar-refractivity contribution in [1.82, 2.24) is 0 Å². The first-order chi connectivity index (χ1) is 14.4. The van der Waals surface area contributed by atoms with Crippen molar-refractivity contribution >= 4 is 29.2 Å². The molecule has 5 rings (SSSR count). The van der Waals surface area contributed by atoms with Crippen molar-refractivity contribution in [1.29, 1.82) is 0 Å². The van der Waals surface area contributed by atoms with Crippen LogP contribution >= 0.6 is 15.9 Å². The smallest absolute Gasteiger partial charge is 0.0656 e. The van der Waals surface area contributed by atoms with E-state index >= 15 is 0 Å². The first kappa shape index (κ1) is 19.5. The predicted molar refractivity (Wildman–Crippen MR) is 134 cm³/mol. The quantitative estimate of drug-likeness (QED) is 0.242. The lowest BCUT2D eigenvalue weighted by Gasteiger charge is -2.34. The molecule has 1 unspecified atom stereocenters. The minimum atomic E-state index is -1.36. The molecule has 0 aliphatic heterocycles. The minimum absolute atomic E-state index is 0.311. The van der Waals surface area contributed by atoms with Gasteiger partial charge in [0.25, 0.3) is 0 Å². The van der Waals surface area contributed by atoms with Gasteiger partial charge < -0.3 is 0 Å². The molecule has 30 heavy (non-hydrogen) atoms. The van der Waals surface area contributed by atoms with Crippen molar-refractivity contribution in [2.75, 3.05) is 0 Å². The Balaban J connectivity index is 1.90. The van der Waals surface area contributed by atoms with Gasteiger partial charge in [-0.05, 0) is 33.9 Å². The second-order valence-corrected chi connectivity index (χ2v) is 15.1. The number of hydrogen-bond acceptors (Lipinski definition) is 0. The molecule has 148 valence electrons. The summed E-state index contributed by atoms with van der Waals surface area (Å²) in [6.07, 6.45) is 0. The molecule has 0 saturated carbocycles. The lowest BCUT2D eigenvalue weighted by Crippen LogP contribution is -2.38. The summed E-state index contributed by atoms with van der Waals surface area (Å²) in [5.74, 6) is 0. The Hall–Kier alpha value is -2.42. The van der Waals surface area contributed by atoms with Gasteiger partial charge in [0.05, 0.1) is 13.5 Å². The molecular weight excluding hydrogens is 444 g/mol. The van der Waals surface area contributed by atoms with Crippen LogP contribution in [-0.4, -0.2) is 8.07 Å². The van der Waals surface area contributed by atoms with E-state index in [0.717, 1.165) is 4.47 Å². The molecule has 0 aromatic heterocycles. The largest absolute Gasteiger partial charge is 0.0775 e. The van der Waals surface area contributed by atoms with E-state index in [2.05, 4.69) is 133 Å². The standard InChI is InChI=1S/C28H25BrSi/c1-30(2,3)22-18-16-21(17-19-22)28(20-10-5-4-6-11-20)24-13-8-7-12-23(24)27-25(28)14-9-15-26(27)29/h4-19H,1-3H3. The molecule has 0 amide bonds. The summed E-state index contributed by atoms with van der Waals surface area (Å²) in [5, 5.41) is 1.50. The van der Waals surface area contributed by atoms with E-state index in [0.29, 0.717) is 0 Å². The SMILES string of the molecule is C[Si](C)(C)c1ccc(C2(c3ccccc3)c3ccccc3-c3c(Br)cccc32)cc1. The molecule has 0 fully saturated rings. The highest BCUT2D eigenvalue weighted by Gasteiger charge is 2.46. The second-order valence-electron chi connectivity index (χ2n) is 9.15. The maximum atomic E-state index is 3.86. The van der Waals surface area contributed by atoms with Gasteiger partial charge in [0.1, 0.15) is 0 Å². The molecule has 1 aliphatic carbocycles. The highest BCUT2D eigenvalue weighted by Crippen LogP contribution is 2.57. The molecule has 0 nitrogen and oxygen atoms in total. The molecular formula is C28H25BrSi. The maximum absolute atomic E-state index is 3.86. The molecule has 0 heterocycles. The van der Waals surface area contributed by atoms with Gasteiger partial charge in [-0.1, -0.05) is 132 Å². The molecule has 2 heteroatoms. The van der Waals surface area contributed by atoms with Crippen LogP contribution in [0.2, 0.25) is 19.6 Å². The zero-order chi connectivity index (χ0) is 20.9. The first-order valence-corrected chi connectivity index (χ1v) is 14.8. The summed E-state index contributed by atoms with van der Waals surface area (Å²) >= 11 is 3.86. The van der Waals surface area contributed by atoms with Crippen LogP contribution in [0.25, 0.3) is 11.1 Å². The Bertz CT molecular complexity index is 1220. The number of fused-ring (bicyclic) bond motifs is 3. The third kappa shape index (κ3) is 2.78. The van der Waals surface area contributed by atoms with Gasteiger partial charge in [0, 0.05) is 10.0 Å². The Morgan fingerprint density at radius 3 is 1.90 bits per heavy atom. The molecule has 4 aromatic carbocycles. The number of hydrogen-bond donors (Lipinski definition) is 0. The van der Waals surface area contributed by atoms with Gasteiger partial charge in [-0.2, -0.15) is 0 Å². The van der Waals surface area contributed by atoms with E-state index < -0.39 is 8.07 Å². The van der Waals surface area contributed by atoms with Crippen molar-refractivity contribution in [3.8, 4) is 11.1 Å². The van der Waals surface area contributed by atoms with Crippen LogP contribution in [0.15, 0.2) is 102 Å². The molecule has 0 radical (unpaired) electrons. The molecule has 0 spiro atoms. The summed E-state index contributed by atoms with van der Waals surface area (Å²) < 4.78 is 1.16. The molecule has 1 atom stereocenters. The van der Waals surface area contributed by atoms with Crippen LogP contribution in [0.3, 0.4) is 0 Å². The van der Waals surface area contributed by atoms with E-state index in [-0.39, 0.29) is 5.41 Å². The molecule has 4 aromatic rings. The van der Waals surface area contributed by atoms with Gasteiger partial charge >= 0.3 is 0 Å². The summed E-state index contributed by atoms with van der Waals surface area (Å²) in [6.45, 7) is 7.23. The third-order valence-corrected chi connectivity index (χ3v) is 9.13. The van der Waals surface area contributed by atoms with Crippen LogP contribution in [0.4, 0.5) is 0 Å². The molecule has 1 aliphatic rings. The van der Waals surface area contributed by atoms with Crippen molar-refractivity contribution < 1.29 is 0 Å². The number of halogens is 1. The summed E-state index contributed by atoms with van der Waals surface area (Å²) in [4.78, 5) is 0. The second kappa shape index (κ2) is 7.07. The fraction of sp³-hybridized carbons (Fsp3) is 0.143. The molecule has 0 bridgehead atoms.